The predicted molar refractivity (Wildman–Crippen MR) is 115 cm³/mol. The lowest BCUT2D eigenvalue weighted by Gasteiger charge is -2.31. The van der Waals surface area contributed by atoms with Gasteiger partial charge in [-0.25, -0.2) is 0 Å². The molecule has 0 spiro atoms. The van der Waals surface area contributed by atoms with Crippen LogP contribution in [0.1, 0.15) is 35.3 Å². The first-order chi connectivity index (χ1) is 13.6. The molecule has 1 aliphatic heterocycles. The van der Waals surface area contributed by atoms with Gasteiger partial charge in [-0.05, 0) is 41.5 Å². The van der Waals surface area contributed by atoms with Crippen LogP contribution in [-0.2, 0) is 0 Å². The Hall–Kier alpha value is -2.63. The summed E-state index contributed by atoms with van der Waals surface area (Å²) in [6.07, 6.45) is 0.485. The fourth-order valence-corrected chi connectivity index (χ4v) is 3.89. The van der Waals surface area contributed by atoms with E-state index in [1.165, 1.54) is 0 Å². The van der Waals surface area contributed by atoms with Crippen LogP contribution in [0.2, 0.25) is 0 Å². The zero-order valence-corrected chi connectivity index (χ0v) is 17.1. The molecule has 0 aromatic heterocycles. The quantitative estimate of drug-likeness (QED) is 0.576. The van der Waals surface area contributed by atoms with Crippen LogP contribution in [0.25, 0.3) is 0 Å². The molecule has 3 aromatic carbocycles. The van der Waals surface area contributed by atoms with Crippen molar-refractivity contribution in [1.82, 2.24) is 5.32 Å². The standard InChI is InChI=1S/C23H21BrN2O2/c1-28-18-11-9-15(10-12-18)23-25-20(16-5-4-6-17(24)13-16)14-21(26-23)19-7-2-3-8-22(19)27/h2-13,21,23,26-27H,14H2,1H3/t21-,23-/m1/s1. The molecule has 2 atom stereocenters. The maximum absolute atomic E-state index is 10.4. The number of para-hydroxylation sites is 1. The fraction of sp³-hybridized carbons (Fsp3) is 0.174. The van der Waals surface area contributed by atoms with E-state index in [0.29, 0.717) is 12.2 Å². The van der Waals surface area contributed by atoms with Crippen molar-refractivity contribution in [3.8, 4) is 11.5 Å². The highest BCUT2D eigenvalue weighted by Gasteiger charge is 2.27. The van der Waals surface area contributed by atoms with Gasteiger partial charge in [0.05, 0.1) is 7.11 Å². The minimum Gasteiger partial charge on any atom is -0.508 e. The Labute approximate surface area is 173 Å². The average molecular weight is 437 g/mol. The molecule has 2 N–H and O–H groups in total. The number of phenolic OH excluding ortho intramolecular Hbond substituents is 1. The maximum Gasteiger partial charge on any atom is 0.126 e. The molecule has 4 rings (SSSR count). The van der Waals surface area contributed by atoms with E-state index in [-0.39, 0.29) is 12.2 Å². The van der Waals surface area contributed by atoms with Crippen LogP contribution in [0.15, 0.2) is 82.3 Å². The number of hydrogen-bond donors (Lipinski definition) is 2. The number of nitrogens with zero attached hydrogens (tertiary/aromatic N) is 1. The van der Waals surface area contributed by atoms with Gasteiger partial charge in [0, 0.05) is 28.2 Å². The van der Waals surface area contributed by atoms with Crippen LogP contribution in [0.3, 0.4) is 0 Å². The van der Waals surface area contributed by atoms with Crippen LogP contribution in [0.4, 0.5) is 0 Å². The Morgan fingerprint density at radius 2 is 1.82 bits per heavy atom. The summed E-state index contributed by atoms with van der Waals surface area (Å²) in [6.45, 7) is 0. The van der Waals surface area contributed by atoms with Gasteiger partial charge in [0.1, 0.15) is 17.7 Å². The molecular formula is C23H21BrN2O2. The zero-order chi connectivity index (χ0) is 19.5. The number of ether oxygens (including phenoxy) is 1. The number of rotatable bonds is 4. The molecule has 28 heavy (non-hydrogen) atoms. The molecular weight excluding hydrogens is 416 g/mol. The smallest absolute Gasteiger partial charge is 0.126 e. The van der Waals surface area contributed by atoms with Crippen molar-refractivity contribution in [3.63, 3.8) is 0 Å². The summed E-state index contributed by atoms with van der Waals surface area (Å²) < 4.78 is 6.29. The monoisotopic (exact) mass is 436 g/mol. The second-order valence-corrected chi connectivity index (χ2v) is 7.66. The summed E-state index contributed by atoms with van der Waals surface area (Å²) in [7, 11) is 1.66. The molecule has 1 heterocycles. The van der Waals surface area contributed by atoms with E-state index < -0.39 is 0 Å². The van der Waals surface area contributed by atoms with Crippen LogP contribution < -0.4 is 10.1 Å². The predicted octanol–water partition coefficient (Wildman–Crippen LogP) is 5.39. The second kappa shape index (κ2) is 8.17. The third kappa shape index (κ3) is 3.96. The highest BCUT2D eigenvalue weighted by atomic mass is 79.9. The summed E-state index contributed by atoms with van der Waals surface area (Å²) in [5.74, 6) is 1.11. The Bertz CT molecular complexity index is 1000. The lowest BCUT2D eigenvalue weighted by Crippen LogP contribution is -2.33. The molecule has 4 nitrogen and oxygen atoms in total. The fourth-order valence-electron chi connectivity index (χ4n) is 3.49. The van der Waals surface area contributed by atoms with Gasteiger partial charge >= 0.3 is 0 Å². The van der Waals surface area contributed by atoms with Gasteiger partial charge in [0.25, 0.3) is 0 Å². The number of aromatic hydroxyl groups is 1. The van der Waals surface area contributed by atoms with Crippen molar-refractivity contribution < 1.29 is 9.84 Å². The number of halogens is 1. The Morgan fingerprint density at radius 1 is 1.04 bits per heavy atom. The summed E-state index contributed by atoms with van der Waals surface area (Å²) >= 11 is 3.55. The van der Waals surface area contributed by atoms with E-state index >= 15 is 0 Å². The molecule has 0 amide bonds. The Morgan fingerprint density at radius 3 is 2.54 bits per heavy atom. The summed E-state index contributed by atoms with van der Waals surface area (Å²) in [5.41, 5.74) is 4.01. The lowest BCUT2D eigenvalue weighted by atomic mass is 9.93. The number of phenols is 1. The van der Waals surface area contributed by atoms with Gasteiger partial charge in [0.2, 0.25) is 0 Å². The van der Waals surface area contributed by atoms with Crippen LogP contribution >= 0.6 is 15.9 Å². The van der Waals surface area contributed by atoms with Gasteiger partial charge in [-0.1, -0.05) is 58.4 Å². The Balaban J connectivity index is 1.74. The first-order valence-corrected chi connectivity index (χ1v) is 9.94. The van der Waals surface area contributed by atoms with Crippen LogP contribution in [0.5, 0.6) is 11.5 Å². The van der Waals surface area contributed by atoms with Crippen molar-refractivity contribution in [2.24, 2.45) is 4.99 Å². The minimum atomic E-state index is -0.210. The molecule has 0 saturated heterocycles. The van der Waals surface area contributed by atoms with E-state index in [9.17, 15) is 5.11 Å². The van der Waals surface area contributed by atoms with Crippen LogP contribution in [0, 0.1) is 0 Å². The SMILES string of the molecule is COc1ccc([C@@H]2N=C(c3cccc(Br)c3)C[C@H](c3ccccc3O)N2)cc1. The first-order valence-electron chi connectivity index (χ1n) is 9.14. The first kappa shape index (κ1) is 18.7. The van der Waals surface area contributed by atoms with Gasteiger partial charge in [0.15, 0.2) is 0 Å². The summed E-state index contributed by atoms with van der Waals surface area (Å²) in [6, 6.07) is 23.5. The number of methoxy groups -OCH3 is 1. The van der Waals surface area contributed by atoms with Crippen molar-refractivity contribution >= 4 is 21.6 Å². The largest absolute Gasteiger partial charge is 0.508 e. The highest BCUT2D eigenvalue weighted by Crippen LogP contribution is 2.34. The van der Waals surface area contributed by atoms with Crippen molar-refractivity contribution in [3.05, 3.63) is 94.0 Å². The van der Waals surface area contributed by atoms with Crippen molar-refractivity contribution in [1.29, 1.82) is 0 Å². The van der Waals surface area contributed by atoms with Gasteiger partial charge in [-0.15, -0.1) is 0 Å². The van der Waals surface area contributed by atoms with Crippen molar-refractivity contribution in [2.45, 2.75) is 18.6 Å². The zero-order valence-electron chi connectivity index (χ0n) is 15.5. The molecule has 3 aromatic rings. The average Bonchev–Trinajstić information content (AvgIpc) is 2.74. The number of benzene rings is 3. The third-order valence-corrected chi connectivity index (χ3v) is 5.44. The highest BCUT2D eigenvalue weighted by molar-refractivity contribution is 9.10. The number of aliphatic imine (C=N–C) groups is 1. The molecule has 1 aliphatic rings. The molecule has 0 radical (unpaired) electrons. The topological polar surface area (TPSA) is 53.9 Å². The minimum absolute atomic E-state index is 0.0419. The van der Waals surface area contributed by atoms with E-state index in [4.69, 9.17) is 9.73 Å². The molecule has 5 heteroatoms. The maximum atomic E-state index is 10.4. The molecule has 142 valence electrons. The number of nitrogens with one attached hydrogen (secondary N) is 1. The molecule has 0 fully saturated rings. The van der Waals surface area contributed by atoms with E-state index in [1.54, 1.807) is 13.2 Å². The summed E-state index contributed by atoms with van der Waals surface area (Å²) in [5, 5.41) is 14.0. The van der Waals surface area contributed by atoms with Crippen molar-refractivity contribution in [2.75, 3.05) is 7.11 Å². The van der Waals surface area contributed by atoms with E-state index in [1.807, 2.05) is 54.6 Å². The van der Waals surface area contributed by atoms with Gasteiger partial charge in [-0.2, -0.15) is 0 Å². The molecule has 0 unspecified atom stereocenters. The molecule has 0 aliphatic carbocycles. The molecule has 0 saturated carbocycles. The summed E-state index contributed by atoms with van der Waals surface area (Å²) in [4.78, 5) is 4.99. The van der Waals surface area contributed by atoms with E-state index in [0.717, 1.165) is 32.6 Å². The van der Waals surface area contributed by atoms with Crippen LogP contribution in [-0.4, -0.2) is 17.9 Å². The number of hydrogen-bond acceptors (Lipinski definition) is 4. The normalized spacial score (nSPS) is 19.1. The Kier molecular flexibility index (Phi) is 5.46. The van der Waals surface area contributed by atoms with Gasteiger partial charge < -0.3 is 9.84 Å². The molecule has 0 bridgehead atoms. The third-order valence-electron chi connectivity index (χ3n) is 4.94. The van der Waals surface area contributed by atoms with Gasteiger partial charge in [-0.3, -0.25) is 10.3 Å². The van der Waals surface area contributed by atoms with E-state index in [2.05, 4.69) is 33.4 Å². The lowest BCUT2D eigenvalue weighted by molar-refractivity contribution is 0.408. The second-order valence-electron chi connectivity index (χ2n) is 6.74.